The number of hydrogen-bond donors (Lipinski definition) is 2. The molecule has 22 heavy (non-hydrogen) atoms. The van der Waals surface area contributed by atoms with E-state index in [4.69, 9.17) is 0 Å². The third kappa shape index (κ3) is 1.59. The highest BCUT2D eigenvalue weighted by molar-refractivity contribution is 5.27. The molecular weight excluding hydrogens is 272 g/mol. The Morgan fingerprint density at radius 1 is 0.955 bits per heavy atom. The van der Waals surface area contributed by atoms with Crippen molar-refractivity contribution in [1.82, 2.24) is 0 Å². The van der Waals surface area contributed by atoms with E-state index >= 15 is 0 Å². The fourth-order valence-electron chi connectivity index (χ4n) is 7.58. The van der Waals surface area contributed by atoms with E-state index in [-0.39, 0.29) is 28.5 Å². The largest absolute Gasteiger partial charge is 0.393 e. The number of aliphatic hydroxyl groups excluding tert-OH is 2. The molecule has 7 atom stereocenters. The minimum absolute atomic E-state index is 0.00598. The molecule has 4 fully saturated rings. The zero-order valence-electron chi connectivity index (χ0n) is 14.4. The Balaban J connectivity index is 1.77. The topological polar surface area (TPSA) is 40.5 Å². The summed E-state index contributed by atoms with van der Waals surface area (Å²) in [6, 6.07) is 0. The first kappa shape index (κ1) is 15.2. The van der Waals surface area contributed by atoms with Crippen LogP contribution in [0.15, 0.2) is 12.2 Å². The van der Waals surface area contributed by atoms with Crippen LogP contribution in [0.4, 0.5) is 0 Å². The monoisotopic (exact) mass is 304 g/mol. The van der Waals surface area contributed by atoms with Gasteiger partial charge in [-0.25, -0.2) is 0 Å². The van der Waals surface area contributed by atoms with Crippen molar-refractivity contribution in [2.45, 2.75) is 77.9 Å². The highest BCUT2D eigenvalue weighted by Gasteiger charge is 2.66. The molecule has 0 aromatic carbocycles. The summed E-state index contributed by atoms with van der Waals surface area (Å²) >= 11 is 0. The van der Waals surface area contributed by atoms with E-state index in [1.807, 2.05) is 0 Å². The van der Waals surface area contributed by atoms with Crippen molar-refractivity contribution >= 4 is 0 Å². The van der Waals surface area contributed by atoms with Gasteiger partial charge in [0.25, 0.3) is 0 Å². The molecule has 4 rings (SSSR count). The lowest BCUT2D eigenvalue weighted by molar-refractivity contribution is -0.195. The molecule has 124 valence electrons. The first-order valence-electron chi connectivity index (χ1n) is 9.28. The van der Waals surface area contributed by atoms with Crippen molar-refractivity contribution in [3.63, 3.8) is 0 Å². The highest BCUT2D eigenvalue weighted by Crippen LogP contribution is 2.71. The van der Waals surface area contributed by atoms with Gasteiger partial charge in [-0.15, -0.1) is 0 Å². The molecular formula is C20H32O2. The van der Waals surface area contributed by atoms with Gasteiger partial charge in [0.05, 0.1) is 12.2 Å². The second kappa shape index (κ2) is 4.39. The predicted molar refractivity (Wildman–Crippen MR) is 88.3 cm³/mol. The minimum atomic E-state index is -0.280. The Morgan fingerprint density at radius 2 is 1.68 bits per heavy atom. The molecule has 0 aromatic rings. The molecule has 1 spiro atoms. The zero-order chi connectivity index (χ0) is 15.9. The highest BCUT2D eigenvalue weighted by atomic mass is 16.3. The van der Waals surface area contributed by atoms with Crippen LogP contribution in [0.25, 0.3) is 0 Å². The zero-order valence-corrected chi connectivity index (χ0v) is 14.4. The van der Waals surface area contributed by atoms with Crippen LogP contribution in [0.5, 0.6) is 0 Å². The van der Waals surface area contributed by atoms with E-state index in [0.29, 0.717) is 17.8 Å². The molecule has 0 heterocycles. The molecule has 4 aliphatic rings. The van der Waals surface area contributed by atoms with Gasteiger partial charge in [-0.1, -0.05) is 27.4 Å². The molecule has 2 nitrogen and oxygen atoms in total. The van der Waals surface area contributed by atoms with Gasteiger partial charge in [-0.3, -0.25) is 0 Å². The molecule has 4 saturated carbocycles. The summed E-state index contributed by atoms with van der Waals surface area (Å²) < 4.78 is 0. The van der Waals surface area contributed by atoms with Crippen molar-refractivity contribution < 1.29 is 10.2 Å². The van der Waals surface area contributed by atoms with Gasteiger partial charge in [-0.05, 0) is 79.1 Å². The first-order valence-corrected chi connectivity index (χ1v) is 9.28. The first-order chi connectivity index (χ1) is 10.2. The van der Waals surface area contributed by atoms with E-state index in [0.717, 1.165) is 31.3 Å². The smallest absolute Gasteiger partial charge is 0.0809 e. The fourth-order valence-corrected chi connectivity index (χ4v) is 7.58. The van der Waals surface area contributed by atoms with Crippen LogP contribution in [0.3, 0.4) is 0 Å². The Labute approximate surface area is 135 Å². The van der Waals surface area contributed by atoms with Crippen LogP contribution < -0.4 is 0 Å². The summed E-state index contributed by atoms with van der Waals surface area (Å²) in [5, 5.41) is 21.5. The summed E-state index contributed by atoms with van der Waals surface area (Å²) in [6.45, 7) is 11.3. The maximum Gasteiger partial charge on any atom is 0.0809 e. The Bertz CT molecular complexity index is 510. The van der Waals surface area contributed by atoms with Gasteiger partial charge in [0.2, 0.25) is 0 Å². The van der Waals surface area contributed by atoms with Gasteiger partial charge in [-0.2, -0.15) is 0 Å². The number of fused-ring (bicyclic) bond motifs is 3. The van der Waals surface area contributed by atoms with Gasteiger partial charge in [0.15, 0.2) is 0 Å². The molecule has 2 bridgehead atoms. The lowest BCUT2D eigenvalue weighted by Crippen LogP contribution is -2.61. The molecule has 4 aliphatic carbocycles. The molecule has 2 N–H and O–H groups in total. The predicted octanol–water partition coefficient (Wildman–Crippen LogP) is 3.92. The molecule has 0 unspecified atom stereocenters. The van der Waals surface area contributed by atoms with E-state index in [2.05, 4.69) is 27.4 Å². The minimum Gasteiger partial charge on any atom is -0.393 e. The fraction of sp³-hybridized carbons (Fsp3) is 0.900. The Morgan fingerprint density at radius 3 is 2.41 bits per heavy atom. The SMILES string of the molecule is C=C1[C@@H]2CC[C@H]3[C@]4(C)CC[C@H](O)C(C)(C)[C@H]4CC[C@]3(C2)[C@@H]1O. The van der Waals surface area contributed by atoms with Crippen molar-refractivity contribution in [2.75, 3.05) is 0 Å². The van der Waals surface area contributed by atoms with E-state index in [1.165, 1.54) is 19.3 Å². The van der Waals surface area contributed by atoms with Crippen LogP contribution in [-0.2, 0) is 0 Å². The summed E-state index contributed by atoms with van der Waals surface area (Å²) in [5.41, 5.74) is 1.51. The maximum atomic E-state index is 11.0. The van der Waals surface area contributed by atoms with Crippen molar-refractivity contribution in [3.8, 4) is 0 Å². The van der Waals surface area contributed by atoms with Gasteiger partial charge in [0.1, 0.15) is 0 Å². The van der Waals surface area contributed by atoms with E-state index in [9.17, 15) is 10.2 Å². The molecule has 0 aromatic heterocycles. The van der Waals surface area contributed by atoms with Gasteiger partial charge in [0, 0.05) is 5.41 Å². The Kier molecular flexibility index (Phi) is 3.03. The third-order valence-corrected chi connectivity index (χ3v) is 8.75. The quantitative estimate of drug-likeness (QED) is 0.666. The molecule has 2 heteroatoms. The molecule has 0 saturated heterocycles. The van der Waals surface area contributed by atoms with Crippen molar-refractivity contribution in [3.05, 3.63) is 12.2 Å². The molecule has 0 radical (unpaired) electrons. The van der Waals surface area contributed by atoms with E-state index in [1.54, 1.807) is 0 Å². The summed E-state index contributed by atoms with van der Waals surface area (Å²) in [7, 11) is 0. The van der Waals surface area contributed by atoms with Crippen LogP contribution in [-0.4, -0.2) is 22.4 Å². The van der Waals surface area contributed by atoms with Gasteiger partial charge < -0.3 is 10.2 Å². The van der Waals surface area contributed by atoms with Crippen LogP contribution in [0.1, 0.15) is 65.7 Å². The average molecular weight is 304 g/mol. The Hall–Kier alpha value is -0.340. The lowest BCUT2D eigenvalue weighted by Gasteiger charge is -2.65. The van der Waals surface area contributed by atoms with E-state index < -0.39 is 0 Å². The van der Waals surface area contributed by atoms with Crippen LogP contribution in [0.2, 0.25) is 0 Å². The summed E-state index contributed by atoms with van der Waals surface area (Å²) in [5.74, 6) is 1.75. The number of rotatable bonds is 0. The van der Waals surface area contributed by atoms with Gasteiger partial charge >= 0.3 is 0 Å². The molecule has 0 aliphatic heterocycles. The maximum absolute atomic E-state index is 11.0. The second-order valence-electron chi connectivity index (χ2n) is 9.71. The number of hydrogen-bond acceptors (Lipinski definition) is 2. The second-order valence-corrected chi connectivity index (χ2v) is 9.71. The third-order valence-electron chi connectivity index (χ3n) is 8.75. The van der Waals surface area contributed by atoms with Crippen molar-refractivity contribution in [1.29, 1.82) is 0 Å². The summed E-state index contributed by atoms with van der Waals surface area (Å²) in [4.78, 5) is 0. The number of aliphatic hydroxyl groups is 2. The standard InChI is InChI=1S/C20H32O2/c1-12-13-5-6-15-19(4)9-8-16(21)18(2,3)14(19)7-10-20(15,11-13)17(12)22/h13-17,21-22H,1,5-11H2,2-4H3/t13-,14-,15+,16+,17-,19-,20-/m1/s1. The average Bonchev–Trinajstić information content (AvgIpc) is 2.65. The summed E-state index contributed by atoms with van der Waals surface area (Å²) in [6.07, 6.45) is 7.53. The van der Waals surface area contributed by atoms with Crippen LogP contribution in [0, 0.1) is 34.0 Å². The van der Waals surface area contributed by atoms with Crippen LogP contribution >= 0.6 is 0 Å². The normalized spacial score (nSPS) is 56.4. The molecule has 0 amide bonds. The lowest BCUT2D eigenvalue weighted by atomic mass is 9.40. The van der Waals surface area contributed by atoms with Crippen molar-refractivity contribution in [2.24, 2.45) is 34.0 Å².